The Morgan fingerprint density at radius 3 is 1.64 bits per heavy atom. The van der Waals surface area contributed by atoms with Crippen molar-refractivity contribution in [2.45, 2.75) is 13.8 Å². The molecule has 0 saturated heterocycles. The van der Waals surface area contributed by atoms with E-state index in [0.29, 0.717) is 0 Å². The van der Waals surface area contributed by atoms with Gasteiger partial charge in [0.05, 0.1) is 11.2 Å². The minimum Gasteiger partial charge on any atom is -0.309 e. The Kier molecular flexibility index (Phi) is 4.72. The minimum atomic E-state index is 1.20. The zero-order valence-electron chi connectivity index (χ0n) is 22.1. The summed E-state index contributed by atoms with van der Waals surface area (Å²) in [5.41, 5.74) is 7.78. The van der Waals surface area contributed by atoms with E-state index >= 15 is 0 Å². The van der Waals surface area contributed by atoms with Crippen molar-refractivity contribution in [1.82, 2.24) is 4.57 Å². The lowest BCUT2D eigenvalue weighted by atomic mass is 9.94. The molecule has 1 heteroatoms. The molecule has 0 amide bonds. The van der Waals surface area contributed by atoms with Gasteiger partial charge in [-0.25, -0.2) is 0 Å². The van der Waals surface area contributed by atoms with Crippen molar-refractivity contribution in [1.29, 1.82) is 0 Å². The van der Waals surface area contributed by atoms with Crippen molar-refractivity contribution >= 4 is 54.0 Å². The lowest BCUT2D eigenvalue weighted by Crippen LogP contribution is -1.97. The van der Waals surface area contributed by atoms with Gasteiger partial charge in [-0.15, -0.1) is 0 Å². The molecule has 1 nitrogen and oxygen atoms in total. The summed E-state index contributed by atoms with van der Waals surface area (Å²) in [7, 11) is 0. The van der Waals surface area contributed by atoms with Crippen LogP contribution in [0.3, 0.4) is 0 Å². The molecule has 0 atom stereocenters. The molecule has 1 heterocycles. The average molecular weight is 498 g/mol. The lowest BCUT2D eigenvalue weighted by Gasteiger charge is -2.15. The summed E-state index contributed by atoms with van der Waals surface area (Å²) in [6.07, 6.45) is 0. The zero-order chi connectivity index (χ0) is 26.1. The maximum absolute atomic E-state index is 2.49. The van der Waals surface area contributed by atoms with Crippen molar-refractivity contribution in [3.8, 4) is 28.1 Å². The topological polar surface area (TPSA) is 4.93 Å². The van der Waals surface area contributed by atoms with Crippen LogP contribution in [0.5, 0.6) is 0 Å². The number of aromatic nitrogens is 1. The first-order chi connectivity index (χ1) is 19.4. The van der Waals surface area contributed by atoms with E-state index in [2.05, 4.69) is 132 Å². The second-order valence-electron chi connectivity index (χ2n) is 10.1. The van der Waals surface area contributed by atoms with Crippen LogP contribution in [0.1, 0.15) is 13.8 Å². The molecule has 1 aromatic heterocycles. The third-order valence-corrected chi connectivity index (χ3v) is 8.29. The highest BCUT2D eigenvalue weighted by Gasteiger charge is 2.29. The van der Waals surface area contributed by atoms with Gasteiger partial charge in [0.1, 0.15) is 0 Å². The molecule has 0 N–H and O–H groups in total. The molecular weight excluding hydrogens is 470 g/mol. The minimum absolute atomic E-state index is 1.20. The van der Waals surface area contributed by atoms with Gasteiger partial charge in [0.15, 0.2) is 0 Å². The first-order valence-corrected chi connectivity index (χ1v) is 13.9. The van der Waals surface area contributed by atoms with Crippen LogP contribution in [0.15, 0.2) is 127 Å². The van der Waals surface area contributed by atoms with Gasteiger partial charge in [-0.2, -0.15) is 0 Å². The summed E-state index contributed by atoms with van der Waals surface area (Å²) in [6, 6.07) is 46.9. The van der Waals surface area contributed by atoms with Crippen LogP contribution in [-0.4, -0.2) is 4.57 Å². The normalized spacial score (nSPS) is 11.8. The molecule has 7 aromatic carbocycles. The highest BCUT2D eigenvalue weighted by molar-refractivity contribution is 6.26. The van der Waals surface area contributed by atoms with Crippen LogP contribution >= 0.6 is 0 Å². The predicted octanol–water partition coefficient (Wildman–Crippen LogP) is 10.9. The van der Waals surface area contributed by atoms with Gasteiger partial charge in [-0.1, -0.05) is 123 Å². The number of fused-ring (bicyclic) bond motifs is 11. The Morgan fingerprint density at radius 2 is 0.974 bits per heavy atom. The second-order valence-corrected chi connectivity index (χ2v) is 10.1. The summed E-state index contributed by atoms with van der Waals surface area (Å²) >= 11 is 0. The highest BCUT2D eigenvalue weighted by atomic mass is 15.0. The third kappa shape index (κ3) is 2.90. The number of para-hydroxylation sites is 1. The lowest BCUT2D eigenvalue weighted by molar-refractivity contribution is 1.15. The molecule has 8 aromatic rings. The maximum Gasteiger partial charge on any atom is 0.0626 e. The number of benzene rings is 7. The van der Waals surface area contributed by atoms with Gasteiger partial charge >= 0.3 is 0 Å². The molecule has 9 rings (SSSR count). The fourth-order valence-corrected chi connectivity index (χ4v) is 6.82. The van der Waals surface area contributed by atoms with Crippen molar-refractivity contribution in [2.24, 2.45) is 0 Å². The van der Waals surface area contributed by atoms with Crippen LogP contribution in [0.4, 0.5) is 0 Å². The van der Waals surface area contributed by atoms with Gasteiger partial charge in [0, 0.05) is 22.2 Å². The fourth-order valence-electron chi connectivity index (χ4n) is 6.82. The third-order valence-electron chi connectivity index (χ3n) is 8.29. The maximum atomic E-state index is 2.49. The van der Waals surface area contributed by atoms with Crippen LogP contribution in [-0.2, 0) is 0 Å². The zero-order valence-corrected chi connectivity index (χ0v) is 22.1. The molecule has 0 radical (unpaired) electrons. The van der Waals surface area contributed by atoms with Crippen LogP contribution in [0.2, 0.25) is 0 Å². The monoisotopic (exact) mass is 497 g/mol. The molecule has 0 aliphatic heterocycles. The molecule has 0 bridgehead atoms. The number of hydrogen-bond acceptors (Lipinski definition) is 0. The SMILES string of the molecule is CC.c1cc2c3c(cccc3c1)-c1c-2c2ccccc2n1-c1ccc2c3ccccc3c3ccccc3c2c1. The van der Waals surface area contributed by atoms with Crippen LogP contribution < -0.4 is 0 Å². The summed E-state index contributed by atoms with van der Waals surface area (Å²) < 4.78 is 2.49. The first-order valence-electron chi connectivity index (χ1n) is 13.9. The summed E-state index contributed by atoms with van der Waals surface area (Å²) in [4.78, 5) is 0. The first kappa shape index (κ1) is 22.1. The fraction of sp³-hybridized carbons (Fsp3) is 0.0526. The van der Waals surface area contributed by atoms with E-state index in [1.807, 2.05) is 13.8 Å². The molecule has 0 fully saturated rings. The van der Waals surface area contributed by atoms with Crippen molar-refractivity contribution in [3.05, 3.63) is 127 Å². The van der Waals surface area contributed by atoms with Gasteiger partial charge in [-0.3, -0.25) is 0 Å². The Hall–Kier alpha value is -4.88. The molecule has 1 aliphatic carbocycles. The van der Waals surface area contributed by atoms with Gasteiger partial charge < -0.3 is 4.57 Å². The molecule has 1 aliphatic rings. The van der Waals surface area contributed by atoms with E-state index in [9.17, 15) is 0 Å². The number of rotatable bonds is 1. The largest absolute Gasteiger partial charge is 0.309 e. The summed E-state index contributed by atoms with van der Waals surface area (Å²) in [6.45, 7) is 4.00. The quantitative estimate of drug-likeness (QED) is 0.199. The van der Waals surface area contributed by atoms with Crippen molar-refractivity contribution in [3.63, 3.8) is 0 Å². The van der Waals surface area contributed by atoms with Crippen LogP contribution in [0.25, 0.3) is 82.1 Å². The van der Waals surface area contributed by atoms with E-state index in [1.54, 1.807) is 0 Å². The molecule has 184 valence electrons. The smallest absolute Gasteiger partial charge is 0.0626 e. The van der Waals surface area contributed by atoms with E-state index in [0.717, 1.165) is 0 Å². The molecule has 39 heavy (non-hydrogen) atoms. The average Bonchev–Trinajstić information content (AvgIpc) is 3.53. The Balaban J connectivity index is 0.00000115. The highest BCUT2D eigenvalue weighted by Crippen LogP contribution is 2.52. The number of nitrogens with zero attached hydrogens (tertiary/aromatic N) is 1. The summed E-state index contributed by atoms with van der Waals surface area (Å²) in [5, 5.41) is 11.8. The Morgan fingerprint density at radius 1 is 0.436 bits per heavy atom. The predicted molar refractivity (Wildman–Crippen MR) is 169 cm³/mol. The Bertz CT molecular complexity index is 2210. The van der Waals surface area contributed by atoms with Crippen molar-refractivity contribution in [2.75, 3.05) is 0 Å². The molecule has 0 saturated carbocycles. The van der Waals surface area contributed by atoms with Crippen LogP contribution in [0, 0.1) is 0 Å². The van der Waals surface area contributed by atoms with E-state index < -0.39 is 0 Å². The second kappa shape index (κ2) is 8.31. The van der Waals surface area contributed by atoms with E-state index in [1.165, 1.54) is 82.1 Å². The molecule has 0 spiro atoms. The molecule has 0 unspecified atom stereocenters. The van der Waals surface area contributed by atoms with E-state index in [-0.39, 0.29) is 0 Å². The van der Waals surface area contributed by atoms with Gasteiger partial charge in [-0.05, 0) is 66.9 Å². The number of hydrogen-bond donors (Lipinski definition) is 0. The van der Waals surface area contributed by atoms with Gasteiger partial charge in [0.2, 0.25) is 0 Å². The summed E-state index contributed by atoms with van der Waals surface area (Å²) in [5.74, 6) is 0. The van der Waals surface area contributed by atoms with E-state index in [4.69, 9.17) is 0 Å². The Labute approximate surface area is 227 Å². The van der Waals surface area contributed by atoms with Gasteiger partial charge in [0.25, 0.3) is 0 Å². The standard InChI is InChI=1S/C36H21N.C2H6/c1-2-13-26-24(11-1)25-12-3-4-14-27(25)32-21-23(19-20-28(26)32)37-33-18-6-5-15-29(33)35-30-16-7-9-22-10-8-17-31(34(22)30)36(35)37;1-2/h1-21H;1-2H3. The molecular formula is C38H27N. The van der Waals surface area contributed by atoms with Crippen molar-refractivity contribution < 1.29 is 0 Å².